The van der Waals surface area contributed by atoms with Crippen molar-refractivity contribution in [2.24, 2.45) is 18.9 Å². The third-order valence-corrected chi connectivity index (χ3v) is 6.99. The lowest BCUT2D eigenvalue weighted by Gasteiger charge is -2.24. The van der Waals surface area contributed by atoms with Crippen molar-refractivity contribution in [2.45, 2.75) is 46.1 Å². The summed E-state index contributed by atoms with van der Waals surface area (Å²) in [5.74, 6) is 2.65. The van der Waals surface area contributed by atoms with Crippen LogP contribution >= 0.6 is 0 Å². The molecular formula is C21H30N6. The number of hydrogen-bond donors (Lipinski definition) is 0. The Kier molecular flexibility index (Phi) is 4.19. The van der Waals surface area contributed by atoms with Crippen molar-refractivity contribution < 1.29 is 0 Å². The molecule has 2 aliphatic heterocycles. The Balaban J connectivity index is 1.27. The highest BCUT2D eigenvalue weighted by molar-refractivity contribution is 5.48. The molecule has 144 valence electrons. The first-order chi connectivity index (χ1) is 13.1. The molecule has 27 heavy (non-hydrogen) atoms. The number of fused-ring (bicyclic) bond motifs is 2. The maximum atomic E-state index is 4.80. The van der Waals surface area contributed by atoms with Crippen LogP contribution in [0, 0.1) is 25.7 Å². The molecule has 0 spiro atoms. The minimum absolute atomic E-state index is 0.753. The zero-order valence-electron chi connectivity index (χ0n) is 16.8. The van der Waals surface area contributed by atoms with Crippen molar-refractivity contribution in [3.8, 4) is 0 Å². The first kappa shape index (κ1) is 17.2. The highest BCUT2D eigenvalue weighted by Gasteiger charge is 2.41. The van der Waals surface area contributed by atoms with Gasteiger partial charge in [0.1, 0.15) is 12.1 Å². The number of aromatic nitrogens is 4. The van der Waals surface area contributed by atoms with Crippen LogP contribution in [0.25, 0.3) is 0 Å². The van der Waals surface area contributed by atoms with Crippen molar-refractivity contribution in [1.29, 1.82) is 0 Å². The first-order valence-electron chi connectivity index (χ1n) is 10.4. The zero-order chi connectivity index (χ0) is 18.5. The monoisotopic (exact) mass is 366 g/mol. The third kappa shape index (κ3) is 2.94. The Morgan fingerprint density at radius 2 is 1.74 bits per heavy atom. The van der Waals surface area contributed by atoms with Crippen LogP contribution in [0.2, 0.25) is 0 Å². The molecule has 1 aliphatic carbocycles. The van der Waals surface area contributed by atoms with Gasteiger partial charge in [-0.25, -0.2) is 9.97 Å². The molecule has 2 aromatic rings. The maximum Gasteiger partial charge on any atom is 0.135 e. The van der Waals surface area contributed by atoms with Crippen molar-refractivity contribution in [2.75, 3.05) is 31.1 Å². The quantitative estimate of drug-likeness (QED) is 0.834. The Labute approximate surface area is 161 Å². The lowest BCUT2D eigenvalue weighted by molar-refractivity contribution is 0.299. The molecule has 0 radical (unpaired) electrons. The van der Waals surface area contributed by atoms with Gasteiger partial charge in [0, 0.05) is 51.0 Å². The Morgan fingerprint density at radius 1 is 1.00 bits per heavy atom. The molecule has 0 N–H and O–H groups in total. The fraction of sp³-hybridized carbons (Fsp3) is 0.667. The van der Waals surface area contributed by atoms with E-state index in [1.165, 1.54) is 55.7 Å². The van der Waals surface area contributed by atoms with E-state index in [0.29, 0.717) is 0 Å². The zero-order valence-corrected chi connectivity index (χ0v) is 16.8. The van der Waals surface area contributed by atoms with E-state index in [-0.39, 0.29) is 0 Å². The van der Waals surface area contributed by atoms with E-state index in [0.717, 1.165) is 43.0 Å². The molecule has 6 nitrogen and oxygen atoms in total. The van der Waals surface area contributed by atoms with Gasteiger partial charge >= 0.3 is 0 Å². The molecule has 4 heterocycles. The Morgan fingerprint density at radius 3 is 2.52 bits per heavy atom. The van der Waals surface area contributed by atoms with Crippen LogP contribution in [0.1, 0.15) is 41.1 Å². The molecule has 5 rings (SSSR count). The summed E-state index contributed by atoms with van der Waals surface area (Å²) >= 11 is 0. The standard InChI is InChI=1S/C21H30N6/c1-14-15(2)22-13-23-21(14)27-10-16-8-26(9-17(16)11-27)12-20-18-6-4-5-7-19(18)24-25(20)3/h13,16-17H,4-12H2,1-3H3. The summed E-state index contributed by atoms with van der Waals surface area (Å²) in [4.78, 5) is 14.1. The van der Waals surface area contributed by atoms with Gasteiger partial charge in [-0.15, -0.1) is 0 Å². The van der Waals surface area contributed by atoms with Crippen molar-refractivity contribution in [1.82, 2.24) is 24.6 Å². The molecule has 0 amide bonds. The first-order valence-corrected chi connectivity index (χ1v) is 10.4. The number of rotatable bonds is 3. The Bertz CT molecular complexity index is 843. The lowest BCUT2D eigenvalue weighted by Crippen LogP contribution is -2.30. The van der Waals surface area contributed by atoms with Gasteiger partial charge in [-0.2, -0.15) is 5.10 Å². The molecule has 2 atom stereocenters. The maximum absolute atomic E-state index is 4.80. The van der Waals surface area contributed by atoms with Crippen LogP contribution in [-0.4, -0.2) is 50.8 Å². The van der Waals surface area contributed by atoms with Crippen LogP contribution in [0.15, 0.2) is 6.33 Å². The van der Waals surface area contributed by atoms with Crippen LogP contribution < -0.4 is 4.90 Å². The van der Waals surface area contributed by atoms with E-state index in [1.807, 2.05) is 0 Å². The van der Waals surface area contributed by atoms with Gasteiger partial charge in [0.05, 0.1) is 11.4 Å². The van der Waals surface area contributed by atoms with Gasteiger partial charge in [-0.3, -0.25) is 9.58 Å². The summed E-state index contributed by atoms with van der Waals surface area (Å²) in [6, 6.07) is 0. The van der Waals surface area contributed by atoms with Crippen LogP contribution in [0.3, 0.4) is 0 Å². The summed E-state index contributed by atoms with van der Waals surface area (Å²) < 4.78 is 2.16. The largest absolute Gasteiger partial charge is 0.356 e. The Hall–Kier alpha value is -1.95. The fourth-order valence-corrected chi connectivity index (χ4v) is 5.39. The van der Waals surface area contributed by atoms with Gasteiger partial charge in [0.15, 0.2) is 0 Å². The highest BCUT2D eigenvalue weighted by Crippen LogP contribution is 2.35. The van der Waals surface area contributed by atoms with Gasteiger partial charge in [-0.1, -0.05) is 0 Å². The summed E-state index contributed by atoms with van der Waals surface area (Å²) in [5, 5.41) is 4.80. The second-order valence-corrected chi connectivity index (χ2v) is 8.73. The van der Waals surface area contributed by atoms with Crippen molar-refractivity contribution >= 4 is 5.82 Å². The van der Waals surface area contributed by atoms with Crippen molar-refractivity contribution in [3.63, 3.8) is 0 Å². The van der Waals surface area contributed by atoms with E-state index in [4.69, 9.17) is 5.10 Å². The molecule has 0 saturated carbocycles. The molecule has 3 aliphatic rings. The smallest absolute Gasteiger partial charge is 0.135 e. The molecule has 6 heteroatoms. The second kappa shape index (κ2) is 6.59. The van der Waals surface area contributed by atoms with E-state index in [1.54, 1.807) is 11.9 Å². The fourth-order valence-electron chi connectivity index (χ4n) is 5.39. The normalized spacial score (nSPS) is 25.1. The average molecular weight is 367 g/mol. The van der Waals surface area contributed by atoms with Crippen LogP contribution in [0.4, 0.5) is 5.82 Å². The van der Waals surface area contributed by atoms with Gasteiger partial charge in [-0.05, 0) is 56.9 Å². The summed E-state index contributed by atoms with van der Waals surface area (Å²) in [6.45, 7) is 9.94. The molecule has 2 aromatic heterocycles. The summed E-state index contributed by atoms with van der Waals surface area (Å²) in [6.07, 6.45) is 6.72. The summed E-state index contributed by atoms with van der Waals surface area (Å²) in [7, 11) is 2.13. The van der Waals surface area contributed by atoms with Gasteiger partial charge in [0.25, 0.3) is 0 Å². The number of hydrogen-bond acceptors (Lipinski definition) is 5. The van der Waals surface area contributed by atoms with E-state index in [9.17, 15) is 0 Å². The molecule has 2 unspecified atom stereocenters. The number of likely N-dealkylation sites (tertiary alicyclic amines) is 1. The van der Waals surface area contributed by atoms with E-state index in [2.05, 4.69) is 45.3 Å². The number of anilines is 1. The third-order valence-electron chi connectivity index (χ3n) is 6.99. The molecule has 0 bridgehead atoms. The van der Waals surface area contributed by atoms with Gasteiger partial charge < -0.3 is 4.90 Å². The number of nitrogens with zero attached hydrogens (tertiary/aromatic N) is 6. The minimum Gasteiger partial charge on any atom is -0.356 e. The predicted octanol–water partition coefficient (Wildman–Crippen LogP) is 2.27. The second-order valence-electron chi connectivity index (χ2n) is 8.73. The average Bonchev–Trinajstić information content (AvgIpc) is 3.30. The summed E-state index contributed by atoms with van der Waals surface area (Å²) in [5.41, 5.74) is 6.70. The topological polar surface area (TPSA) is 50.1 Å². The van der Waals surface area contributed by atoms with Crippen LogP contribution in [-0.2, 0) is 26.4 Å². The molecule has 2 fully saturated rings. The minimum atomic E-state index is 0.753. The lowest BCUT2D eigenvalue weighted by atomic mass is 9.96. The molecular weight excluding hydrogens is 336 g/mol. The van der Waals surface area contributed by atoms with E-state index >= 15 is 0 Å². The highest BCUT2D eigenvalue weighted by atomic mass is 15.3. The van der Waals surface area contributed by atoms with Gasteiger partial charge in [0.2, 0.25) is 0 Å². The number of aryl methyl sites for hydroxylation is 3. The van der Waals surface area contributed by atoms with Crippen LogP contribution in [0.5, 0.6) is 0 Å². The molecule has 2 saturated heterocycles. The predicted molar refractivity (Wildman–Crippen MR) is 106 cm³/mol. The van der Waals surface area contributed by atoms with Crippen molar-refractivity contribution in [3.05, 3.63) is 34.5 Å². The SMILES string of the molecule is Cc1ncnc(N2CC3CN(Cc4c5c(nn4C)CCCC5)CC3C2)c1C. The van der Waals surface area contributed by atoms with E-state index < -0.39 is 0 Å². The molecule has 0 aromatic carbocycles.